The van der Waals surface area contributed by atoms with E-state index in [0.717, 1.165) is 12.8 Å². The maximum Gasteiger partial charge on any atom is 0.265 e. The molecule has 0 bridgehead atoms. The van der Waals surface area contributed by atoms with Gasteiger partial charge in [0, 0.05) is 13.1 Å². The average molecular weight is 324 g/mol. The number of carbonyl (C=O) groups excluding carboxylic acids is 1. The molecule has 1 N–H and O–H groups in total. The highest BCUT2D eigenvalue weighted by Crippen LogP contribution is 2.34. The van der Waals surface area contributed by atoms with Crippen LogP contribution in [0.2, 0.25) is 0 Å². The molecule has 0 spiro atoms. The van der Waals surface area contributed by atoms with Crippen LogP contribution in [0.15, 0.2) is 23.1 Å². The fraction of sp³-hybridized carbons (Fsp3) is 0.533. The molecular formula is C15H20N2O4S. The number of nitrogens with one attached hydrogen (secondary N) is 1. The Kier molecular flexibility index (Phi) is 3.86. The normalized spacial score (nSPS) is 21.2. The second kappa shape index (κ2) is 5.55. The van der Waals surface area contributed by atoms with Crippen molar-refractivity contribution in [1.29, 1.82) is 0 Å². The number of amides is 1. The van der Waals surface area contributed by atoms with E-state index in [0.29, 0.717) is 30.4 Å². The number of hydrogen-bond donors (Lipinski definition) is 1. The van der Waals surface area contributed by atoms with Gasteiger partial charge in [0.1, 0.15) is 5.75 Å². The van der Waals surface area contributed by atoms with Gasteiger partial charge in [-0.15, -0.1) is 0 Å². The summed E-state index contributed by atoms with van der Waals surface area (Å²) in [6.07, 6.45) is 1.62. The average Bonchev–Trinajstić information content (AvgIpc) is 3.29. The number of rotatable bonds is 5. The van der Waals surface area contributed by atoms with E-state index in [2.05, 4.69) is 5.32 Å². The van der Waals surface area contributed by atoms with Crippen LogP contribution in [0.1, 0.15) is 26.7 Å². The van der Waals surface area contributed by atoms with Crippen LogP contribution in [0, 0.1) is 5.92 Å². The van der Waals surface area contributed by atoms with Gasteiger partial charge in [0.25, 0.3) is 5.91 Å². The van der Waals surface area contributed by atoms with E-state index in [1.54, 1.807) is 13.0 Å². The summed E-state index contributed by atoms with van der Waals surface area (Å²) in [4.78, 5) is 11.9. The lowest BCUT2D eigenvalue weighted by atomic mass is 10.2. The van der Waals surface area contributed by atoms with Crippen LogP contribution in [0.25, 0.3) is 0 Å². The molecule has 2 aliphatic rings. The summed E-state index contributed by atoms with van der Waals surface area (Å²) in [6.45, 7) is 4.49. The molecule has 6 nitrogen and oxygen atoms in total. The predicted molar refractivity (Wildman–Crippen MR) is 82.3 cm³/mol. The molecule has 22 heavy (non-hydrogen) atoms. The molecule has 3 rings (SSSR count). The highest BCUT2D eigenvalue weighted by molar-refractivity contribution is 7.89. The van der Waals surface area contributed by atoms with Crippen molar-refractivity contribution in [3.8, 4) is 5.75 Å². The summed E-state index contributed by atoms with van der Waals surface area (Å²) in [7, 11) is -3.54. The van der Waals surface area contributed by atoms with Gasteiger partial charge in [0.2, 0.25) is 10.0 Å². The van der Waals surface area contributed by atoms with Crippen molar-refractivity contribution in [2.24, 2.45) is 5.92 Å². The van der Waals surface area contributed by atoms with Crippen molar-refractivity contribution in [2.45, 2.75) is 37.7 Å². The van der Waals surface area contributed by atoms with Crippen molar-refractivity contribution in [2.75, 3.05) is 18.4 Å². The van der Waals surface area contributed by atoms with Crippen LogP contribution in [-0.2, 0) is 14.8 Å². The summed E-state index contributed by atoms with van der Waals surface area (Å²) < 4.78 is 32.4. The Labute approximate surface area is 130 Å². The van der Waals surface area contributed by atoms with E-state index in [4.69, 9.17) is 4.74 Å². The number of fused-ring (bicyclic) bond motifs is 1. The lowest BCUT2D eigenvalue weighted by Gasteiger charge is -2.25. The van der Waals surface area contributed by atoms with E-state index >= 15 is 0 Å². The summed E-state index contributed by atoms with van der Waals surface area (Å²) in [5.74, 6) is 0.708. The second-order valence-corrected chi connectivity index (χ2v) is 7.74. The van der Waals surface area contributed by atoms with E-state index in [-0.39, 0.29) is 10.8 Å². The first-order valence-corrected chi connectivity index (χ1v) is 8.97. The van der Waals surface area contributed by atoms with E-state index in [1.807, 2.05) is 6.92 Å². The summed E-state index contributed by atoms with van der Waals surface area (Å²) >= 11 is 0. The second-order valence-electron chi connectivity index (χ2n) is 5.81. The number of benzene rings is 1. The van der Waals surface area contributed by atoms with Crippen molar-refractivity contribution in [3.05, 3.63) is 18.2 Å². The molecule has 1 amide bonds. The fourth-order valence-electron chi connectivity index (χ4n) is 2.48. The van der Waals surface area contributed by atoms with Gasteiger partial charge in [0.15, 0.2) is 6.10 Å². The minimum absolute atomic E-state index is 0.187. The summed E-state index contributed by atoms with van der Waals surface area (Å²) in [5.41, 5.74) is 0.409. The highest BCUT2D eigenvalue weighted by Gasteiger charge is 2.32. The van der Waals surface area contributed by atoms with Gasteiger partial charge < -0.3 is 10.1 Å². The fourth-order valence-corrected chi connectivity index (χ4v) is 4.03. The standard InChI is InChI=1S/C15H20N2O4S/c1-3-17(9-11-4-5-11)22(19,20)12-6-7-14-13(8-12)16-15(18)10(2)21-14/h6-8,10-11H,3-5,9H2,1-2H3,(H,16,18)/t10-/m1/s1. The number of sulfonamides is 1. The van der Waals surface area contributed by atoms with Crippen molar-refractivity contribution < 1.29 is 17.9 Å². The Bertz CT molecular complexity index is 697. The SMILES string of the molecule is CCN(CC1CC1)S(=O)(=O)c1ccc2c(c1)NC(=O)[C@@H](C)O2. The minimum Gasteiger partial charge on any atom is -0.479 e. The molecule has 1 saturated carbocycles. The first-order valence-electron chi connectivity index (χ1n) is 7.53. The molecule has 1 aliphatic heterocycles. The van der Waals surface area contributed by atoms with Crippen molar-refractivity contribution in [1.82, 2.24) is 4.31 Å². The molecule has 1 aromatic rings. The molecule has 0 saturated heterocycles. The quantitative estimate of drug-likeness (QED) is 0.896. The van der Waals surface area contributed by atoms with Crippen LogP contribution in [0.4, 0.5) is 5.69 Å². The van der Waals surface area contributed by atoms with Crippen LogP contribution in [0.3, 0.4) is 0 Å². The zero-order valence-corrected chi connectivity index (χ0v) is 13.5. The van der Waals surface area contributed by atoms with Crippen LogP contribution >= 0.6 is 0 Å². The van der Waals surface area contributed by atoms with Gasteiger partial charge in [-0.1, -0.05) is 6.92 Å². The molecule has 1 heterocycles. The van der Waals surface area contributed by atoms with E-state index < -0.39 is 16.1 Å². The van der Waals surface area contributed by atoms with Gasteiger partial charge in [-0.25, -0.2) is 8.42 Å². The molecule has 1 fully saturated rings. The predicted octanol–water partition coefficient (Wildman–Crippen LogP) is 1.83. The third kappa shape index (κ3) is 2.83. The molecule has 1 aliphatic carbocycles. The molecule has 0 radical (unpaired) electrons. The molecule has 1 aromatic carbocycles. The molecule has 0 aromatic heterocycles. The van der Waals surface area contributed by atoms with Crippen LogP contribution in [-0.4, -0.2) is 37.8 Å². The molecular weight excluding hydrogens is 304 g/mol. The van der Waals surface area contributed by atoms with Gasteiger partial charge in [-0.2, -0.15) is 4.31 Å². The Morgan fingerprint density at radius 3 is 2.73 bits per heavy atom. The van der Waals surface area contributed by atoms with Gasteiger partial charge >= 0.3 is 0 Å². The molecule has 0 unspecified atom stereocenters. The first kappa shape index (κ1) is 15.3. The molecule has 7 heteroatoms. The number of hydrogen-bond acceptors (Lipinski definition) is 4. The third-order valence-corrected chi connectivity index (χ3v) is 5.97. The topological polar surface area (TPSA) is 75.7 Å². The smallest absolute Gasteiger partial charge is 0.265 e. The summed E-state index contributed by atoms with van der Waals surface area (Å²) in [5, 5.41) is 2.69. The van der Waals surface area contributed by atoms with Gasteiger partial charge in [0.05, 0.1) is 10.6 Å². The highest BCUT2D eigenvalue weighted by atomic mass is 32.2. The van der Waals surface area contributed by atoms with Crippen molar-refractivity contribution in [3.63, 3.8) is 0 Å². The lowest BCUT2D eigenvalue weighted by Crippen LogP contribution is -2.35. The Hall–Kier alpha value is -1.60. The third-order valence-electron chi connectivity index (χ3n) is 4.03. The zero-order valence-electron chi connectivity index (χ0n) is 12.7. The lowest BCUT2D eigenvalue weighted by molar-refractivity contribution is -0.122. The monoisotopic (exact) mass is 324 g/mol. The number of anilines is 1. The number of carbonyl (C=O) groups is 1. The zero-order chi connectivity index (χ0) is 15.9. The number of ether oxygens (including phenoxy) is 1. The number of nitrogens with zero attached hydrogens (tertiary/aromatic N) is 1. The largest absolute Gasteiger partial charge is 0.479 e. The van der Waals surface area contributed by atoms with Gasteiger partial charge in [-0.05, 0) is 43.9 Å². The maximum atomic E-state index is 12.7. The Morgan fingerprint density at radius 2 is 2.09 bits per heavy atom. The van der Waals surface area contributed by atoms with E-state index in [9.17, 15) is 13.2 Å². The molecule has 1 atom stereocenters. The Morgan fingerprint density at radius 1 is 1.36 bits per heavy atom. The molecule has 120 valence electrons. The first-order chi connectivity index (χ1) is 10.4. The van der Waals surface area contributed by atoms with Crippen LogP contribution in [0.5, 0.6) is 5.75 Å². The van der Waals surface area contributed by atoms with Gasteiger partial charge in [-0.3, -0.25) is 4.79 Å². The summed E-state index contributed by atoms with van der Waals surface area (Å²) in [6, 6.07) is 4.61. The van der Waals surface area contributed by atoms with E-state index in [1.165, 1.54) is 16.4 Å². The minimum atomic E-state index is -3.54. The van der Waals surface area contributed by atoms with Crippen LogP contribution < -0.4 is 10.1 Å². The maximum absolute atomic E-state index is 12.7. The Balaban J connectivity index is 1.90. The van der Waals surface area contributed by atoms with Crippen molar-refractivity contribution >= 4 is 21.6 Å².